The molecule has 0 aromatic rings. The van der Waals surface area contributed by atoms with Crippen LogP contribution in [0.4, 0.5) is 14.4 Å². The lowest BCUT2D eigenvalue weighted by molar-refractivity contribution is -0.159. The highest BCUT2D eigenvalue weighted by atomic mass is 16.8. The molecule has 4 fully saturated rings. The zero-order chi connectivity index (χ0) is 45.6. The summed E-state index contributed by atoms with van der Waals surface area (Å²) in [6, 6.07) is 0. The third-order valence-electron chi connectivity index (χ3n) is 9.00. The summed E-state index contributed by atoms with van der Waals surface area (Å²) in [5.74, 6) is -1.57. The van der Waals surface area contributed by atoms with Crippen molar-refractivity contribution >= 4 is 48.3 Å². The molecule has 0 aromatic carbocycles. The van der Waals surface area contributed by atoms with E-state index < -0.39 is 60.8 Å². The van der Waals surface area contributed by atoms with E-state index in [2.05, 4.69) is 56.1 Å². The van der Waals surface area contributed by atoms with Crippen LogP contribution >= 0.6 is 0 Å². The van der Waals surface area contributed by atoms with Gasteiger partial charge in [0, 0.05) is 33.0 Å². The predicted molar refractivity (Wildman–Crippen MR) is 212 cm³/mol. The van der Waals surface area contributed by atoms with E-state index in [1.165, 1.54) is 0 Å². The molecule has 4 rings (SSSR count). The molecule has 6 atom stereocenters. The molecule has 6 unspecified atom stereocenters. The van der Waals surface area contributed by atoms with Gasteiger partial charge in [-0.05, 0) is 38.5 Å². The Kier molecular flexibility index (Phi) is 28.3. The fraction of sp³-hybridized carbons (Fsp3) is 0.805. The average Bonchev–Trinajstić information content (AvgIpc) is 4.08. The summed E-state index contributed by atoms with van der Waals surface area (Å²) in [6.07, 6.45) is 5.04. The molecule has 4 aliphatic rings. The van der Waals surface area contributed by atoms with Crippen LogP contribution in [0.25, 0.3) is 0 Å². The maximum absolute atomic E-state index is 11.6. The van der Waals surface area contributed by atoms with Crippen LogP contribution in [0.3, 0.4) is 0 Å². The van der Waals surface area contributed by atoms with Crippen molar-refractivity contribution in [2.24, 2.45) is 5.92 Å². The minimum absolute atomic E-state index is 0.0379. The van der Waals surface area contributed by atoms with Crippen molar-refractivity contribution in [1.82, 2.24) is 4.90 Å². The highest BCUT2D eigenvalue weighted by Crippen LogP contribution is 2.17. The standard InChI is InChI=1S/C12H20O5.C11H18O6.C10H17NO3.C8H12O5/c1-3-5-6-9(4-2)7-15-11(13)10-8-16-12(14)17-10;1-3-4-5-14-6-8(2)16-10(12)9-7-15-11(13)17-9;1-3-4-7-11(2)10(13)8-5-6-9(12)14-8;1-2-3-4-11-7(9)6-5-12-8(10)13-6/h9-10H,3-8H2,1-2H3;8-9H,3-7H2,1-2H3;8H,3-7H2,1-2H3;6H,2-5H2,1H3. The normalized spacial score (nSPS) is 20.6. The van der Waals surface area contributed by atoms with E-state index in [9.17, 15) is 38.4 Å². The van der Waals surface area contributed by atoms with E-state index in [0.717, 1.165) is 70.8 Å². The Labute approximate surface area is 358 Å². The Bertz CT molecular complexity index is 1360. The van der Waals surface area contributed by atoms with Crippen molar-refractivity contribution in [3.05, 3.63) is 0 Å². The van der Waals surface area contributed by atoms with Crippen molar-refractivity contribution in [3.63, 3.8) is 0 Å². The molecule has 1 amide bonds. The largest absolute Gasteiger partial charge is 0.509 e. The average molecular weight is 878 g/mol. The number of cyclic esters (lactones) is 7. The van der Waals surface area contributed by atoms with Crippen LogP contribution < -0.4 is 0 Å². The van der Waals surface area contributed by atoms with E-state index >= 15 is 0 Å². The fourth-order valence-electron chi connectivity index (χ4n) is 5.19. The van der Waals surface area contributed by atoms with E-state index in [4.69, 9.17) is 23.7 Å². The van der Waals surface area contributed by atoms with Crippen molar-refractivity contribution in [2.45, 2.75) is 149 Å². The van der Waals surface area contributed by atoms with Crippen LogP contribution in [-0.4, -0.2) is 144 Å². The summed E-state index contributed by atoms with van der Waals surface area (Å²) < 4.78 is 52.4. The zero-order valence-electron chi connectivity index (χ0n) is 36.8. The second kappa shape index (κ2) is 31.9. The molecule has 20 heteroatoms. The van der Waals surface area contributed by atoms with Gasteiger partial charge in [-0.15, -0.1) is 0 Å². The zero-order valence-corrected chi connectivity index (χ0v) is 36.8. The lowest BCUT2D eigenvalue weighted by Crippen LogP contribution is -2.36. The van der Waals surface area contributed by atoms with Gasteiger partial charge in [-0.3, -0.25) is 9.59 Å². The Morgan fingerprint density at radius 2 is 1.15 bits per heavy atom. The predicted octanol–water partition coefficient (Wildman–Crippen LogP) is 5.37. The first kappa shape index (κ1) is 54.1. The smallest absolute Gasteiger partial charge is 0.463 e. The molecule has 0 aromatic heterocycles. The Balaban J connectivity index is 0.000000409. The Hall–Kier alpha value is -4.88. The van der Waals surface area contributed by atoms with Crippen molar-refractivity contribution in [2.75, 3.05) is 59.8 Å². The van der Waals surface area contributed by atoms with Gasteiger partial charge >= 0.3 is 42.3 Å². The minimum atomic E-state index is -0.944. The number of rotatable bonds is 22. The number of carbonyl (C=O) groups is 8. The second-order valence-electron chi connectivity index (χ2n) is 14.4. The number of hydrogen-bond acceptors (Lipinski definition) is 19. The number of likely N-dealkylation sites (N-methyl/N-ethyl adjacent to an activating group) is 1. The lowest BCUT2D eigenvalue weighted by Gasteiger charge is -2.19. The van der Waals surface area contributed by atoms with Gasteiger partial charge < -0.3 is 57.0 Å². The van der Waals surface area contributed by atoms with Gasteiger partial charge in [-0.25, -0.2) is 28.8 Å². The number of nitrogens with zero attached hydrogens (tertiary/aromatic N) is 1. The molecule has 61 heavy (non-hydrogen) atoms. The number of esters is 4. The number of carbonyl (C=O) groups excluding carboxylic acids is 8. The number of hydrogen-bond donors (Lipinski definition) is 0. The van der Waals surface area contributed by atoms with Crippen LogP contribution in [0, 0.1) is 5.92 Å². The van der Waals surface area contributed by atoms with Crippen molar-refractivity contribution in [3.8, 4) is 0 Å². The van der Waals surface area contributed by atoms with E-state index in [0.29, 0.717) is 45.2 Å². The summed E-state index contributed by atoms with van der Waals surface area (Å²) in [7, 11) is 1.75. The van der Waals surface area contributed by atoms with E-state index in [1.54, 1.807) is 18.9 Å². The molecule has 0 N–H and O–H groups in total. The monoisotopic (exact) mass is 877 g/mol. The summed E-state index contributed by atoms with van der Waals surface area (Å²) >= 11 is 0. The van der Waals surface area contributed by atoms with Crippen molar-refractivity contribution in [1.29, 1.82) is 0 Å². The molecular formula is C41H67NO19. The molecular weight excluding hydrogens is 810 g/mol. The van der Waals surface area contributed by atoms with Gasteiger partial charge in [0.25, 0.3) is 5.91 Å². The topological polar surface area (TPSA) is 241 Å². The first-order valence-corrected chi connectivity index (χ1v) is 21.2. The van der Waals surface area contributed by atoms with Gasteiger partial charge in [-0.2, -0.15) is 0 Å². The highest BCUT2D eigenvalue weighted by Gasteiger charge is 2.35. The molecule has 0 spiro atoms. The third-order valence-corrected chi connectivity index (χ3v) is 9.00. The van der Waals surface area contributed by atoms with Crippen LogP contribution in [-0.2, 0) is 76.1 Å². The first-order valence-electron chi connectivity index (χ1n) is 21.2. The van der Waals surface area contributed by atoms with Gasteiger partial charge in [0.05, 0.1) is 19.8 Å². The highest BCUT2D eigenvalue weighted by molar-refractivity contribution is 5.86. The second-order valence-corrected chi connectivity index (χ2v) is 14.4. The maximum Gasteiger partial charge on any atom is 0.509 e. The molecule has 0 aliphatic carbocycles. The summed E-state index contributed by atoms with van der Waals surface area (Å²) in [5, 5.41) is 0. The number of ether oxygens (including phenoxy) is 11. The van der Waals surface area contributed by atoms with Crippen LogP contribution in [0.15, 0.2) is 0 Å². The van der Waals surface area contributed by atoms with Gasteiger partial charge in [-0.1, -0.05) is 73.1 Å². The SMILES string of the molecule is CCCCC(CC)COC(=O)C1COC(=O)O1.CCCCN(C)C(=O)C1CCC(=O)O1.CCCCOC(=O)C1COC(=O)O1.CCCCOCC(C)OC(=O)C1COC(=O)O1. The van der Waals surface area contributed by atoms with E-state index in [-0.39, 0.29) is 37.8 Å². The van der Waals surface area contributed by atoms with Gasteiger partial charge in [0.1, 0.15) is 25.9 Å². The van der Waals surface area contributed by atoms with Crippen LogP contribution in [0.5, 0.6) is 0 Å². The molecule has 0 saturated carbocycles. The fourth-order valence-corrected chi connectivity index (χ4v) is 5.19. The molecule has 4 saturated heterocycles. The van der Waals surface area contributed by atoms with E-state index in [1.807, 2.05) is 6.92 Å². The Morgan fingerprint density at radius 3 is 1.61 bits per heavy atom. The molecule has 20 nitrogen and oxygen atoms in total. The summed E-state index contributed by atoms with van der Waals surface area (Å²) in [5.41, 5.74) is 0. The van der Waals surface area contributed by atoms with Gasteiger partial charge in [0.2, 0.25) is 18.3 Å². The third kappa shape index (κ3) is 23.6. The molecule has 0 bridgehead atoms. The first-order chi connectivity index (χ1) is 29.2. The number of amides is 1. The van der Waals surface area contributed by atoms with Crippen LogP contribution in [0.2, 0.25) is 0 Å². The molecule has 0 radical (unpaired) electrons. The molecule has 350 valence electrons. The quantitative estimate of drug-likeness (QED) is 0.0754. The Morgan fingerprint density at radius 1 is 0.639 bits per heavy atom. The minimum Gasteiger partial charge on any atom is -0.463 e. The van der Waals surface area contributed by atoms with Gasteiger partial charge in [0.15, 0.2) is 6.10 Å². The van der Waals surface area contributed by atoms with Crippen LogP contribution in [0.1, 0.15) is 119 Å². The molecule has 4 heterocycles. The summed E-state index contributed by atoms with van der Waals surface area (Å²) in [6.45, 7) is 14.4. The molecule has 4 aliphatic heterocycles. The van der Waals surface area contributed by atoms with Crippen molar-refractivity contribution < 1.29 is 90.5 Å². The number of unbranched alkanes of at least 4 members (excludes halogenated alkanes) is 4. The lowest BCUT2D eigenvalue weighted by atomic mass is 10.0. The maximum atomic E-state index is 11.6. The summed E-state index contributed by atoms with van der Waals surface area (Å²) in [4.78, 5) is 89.8.